The van der Waals surface area contributed by atoms with E-state index in [-0.39, 0.29) is 11.2 Å². The first-order valence-corrected chi connectivity index (χ1v) is 6.79. The minimum absolute atomic E-state index is 0.366. The average molecular weight is 283 g/mol. The summed E-state index contributed by atoms with van der Waals surface area (Å²) in [4.78, 5) is 4.40. The van der Waals surface area contributed by atoms with Crippen LogP contribution in [0.2, 0.25) is 5.02 Å². The average Bonchev–Trinajstić information content (AvgIpc) is 2.51. The SMILES string of the molecule is CNCc1cnc(B2OC(C)(C)C(C)(C)O2)cc1Cl. The summed E-state index contributed by atoms with van der Waals surface area (Å²) in [5.41, 5.74) is 0.943. The van der Waals surface area contributed by atoms with Crippen molar-refractivity contribution in [2.45, 2.75) is 45.4 Å². The molecule has 19 heavy (non-hydrogen) atoms. The highest BCUT2D eigenvalue weighted by Crippen LogP contribution is 2.36. The second-order valence-electron chi connectivity index (χ2n) is 5.82. The van der Waals surface area contributed by atoms with Crippen molar-refractivity contribution in [3.8, 4) is 0 Å². The zero-order chi connectivity index (χ0) is 14.3. The highest BCUT2D eigenvalue weighted by atomic mass is 35.5. The summed E-state index contributed by atoms with van der Waals surface area (Å²) < 4.78 is 11.9. The third kappa shape index (κ3) is 2.79. The van der Waals surface area contributed by atoms with Crippen LogP contribution in [-0.4, -0.2) is 30.4 Å². The molecule has 1 aliphatic heterocycles. The summed E-state index contributed by atoms with van der Waals surface area (Å²) in [5.74, 6) is 0. The molecule has 104 valence electrons. The molecule has 0 saturated carbocycles. The molecule has 0 spiro atoms. The van der Waals surface area contributed by atoms with Crippen LogP contribution in [0.25, 0.3) is 0 Å². The van der Waals surface area contributed by atoms with Crippen molar-refractivity contribution in [1.29, 1.82) is 0 Å². The van der Waals surface area contributed by atoms with E-state index in [2.05, 4.69) is 10.3 Å². The topological polar surface area (TPSA) is 43.4 Å². The molecular formula is C13H20BClN2O2. The van der Waals surface area contributed by atoms with Crippen LogP contribution in [0.3, 0.4) is 0 Å². The predicted molar refractivity (Wildman–Crippen MR) is 77.7 cm³/mol. The van der Waals surface area contributed by atoms with Gasteiger partial charge in [-0.15, -0.1) is 0 Å². The highest BCUT2D eigenvalue weighted by Gasteiger charge is 2.52. The molecule has 1 fully saturated rings. The molecule has 0 radical (unpaired) electrons. The van der Waals surface area contributed by atoms with Gasteiger partial charge < -0.3 is 14.6 Å². The molecule has 6 heteroatoms. The van der Waals surface area contributed by atoms with Gasteiger partial charge in [-0.05, 0) is 40.8 Å². The molecule has 2 rings (SSSR count). The Morgan fingerprint density at radius 2 is 1.84 bits per heavy atom. The van der Waals surface area contributed by atoms with E-state index in [0.29, 0.717) is 17.2 Å². The van der Waals surface area contributed by atoms with Crippen molar-refractivity contribution in [3.63, 3.8) is 0 Å². The number of hydrogen-bond acceptors (Lipinski definition) is 4. The van der Waals surface area contributed by atoms with Crippen molar-refractivity contribution in [2.24, 2.45) is 0 Å². The lowest BCUT2D eigenvalue weighted by atomic mass is 9.84. The summed E-state index contributed by atoms with van der Waals surface area (Å²) in [7, 11) is 1.41. The highest BCUT2D eigenvalue weighted by molar-refractivity contribution is 6.61. The number of halogens is 1. The molecule has 1 N–H and O–H groups in total. The van der Waals surface area contributed by atoms with Crippen LogP contribution >= 0.6 is 11.6 Å². The van der Waals surface area contributed by atoms with Crippen LogP contribution in [0.5, 0.6) is 0 Å². The van der Waals surface area contributed by atoms with Gasteiger partial charge in [-0.3, -0.25) is 4.98 Å². The van der Waals surface area contributed by atoms with Gasteiger partial charge in [0.2, 0.25) is 0 Å². The molecule has 1 aromatic heterocycles. The molecule has 0 aromatic carbocycles. The second kappa shape index (κ2) is 5.06. The summed E-state index contributed by atoms with van der Waals surface area (Å²) in [6.07, 6.45) is 1.76. The fourth-order valence-electron chi connectivity index (χ4n) is 1.89. The van der Waals surface area contributed by atoms with Gasteiger partial charge in [0.1, 0.15) is 0 Å². The maximum absolute atomic E-state index is 6.24. The lowest BCUT2D eigenvalue weighted by Gasteiger charge is -2.32. The number of nitrogens with one attached hydrogen (secondary N) is 1. The Morgan fingerprint density at radius 3 is 2.32 bits per heavy atom. The van der Waals surface area contributed by atoms with E-state index >= 15 is 0 Å². The Morgan fingerprint density at radius 1 is 1.26 bits per heavy atom. The summed E-state index contributed by atoms with van der Waals surface area (Å²) >= 11 is 6.24. The minimum Gasteiger partial charge on any atom is -0.398 e. The van der Waals surface area contributed by atoms with Crippen LogP contribution in [0.4, 0.5) is 0 Å². The van der Waals surface area contributed by atoms with E-state index in [4.69, 9.17) is 20.9 Å². The van der Waals surface area contributed by atoms with E-state index in [0.717, 1.165) is 5.56 Å². The number of pyridine rings is 1. The standard InChI is InChI=1S/C13H20BClN2O2/c1-12(2)13(3,4)19-14(18-12)11-6-10(15)9(7-16-5)8-17-11/h6,8,16H,7H2,1-5H3. The Kier molecular flexibility index (Phi) is 3.93. The van der Waals surface area contributed by atoms with Crippen LogP contribution in [0.1, 0.15) is 33.3 Å². The molecule has 0 atom stereocenters. The normalized spacial score (nSPS) is 20.8. The van der Waals surface area contributed by atoms with Gasteiger partial charge in [0.15, 0.2) is 0 Å². The van der Waals surface area contributed by atoms with Crippen LogP contribution in [-0.2, 0) is 15.9 Å². The number of hydrogen-bond donors (Lipinski definition) is 1. The first-order chi connectivity index (χ1) is 8.77. The van der Waals surface area contributed by atoms with Crippen LogP contribution in [0.15, 0.2) is 12.3 Å². The van der Waals surface area contributed by atoms with Gasteiger partial charge in [0.05, 0.1) is 16.8 Å². The Bertz CT molecular complexity index is 464. The van der Waals surface area contributed by atoms with Gasteiger partial charge in [-0.25, -0.2) is 0 Å². The maximum atomic E-state index is 6.24. The van der Waals surface area contributed by atoms with Gasteiger partial charge in [-0.1, -0.05) is 11.6 Å². The zero-order valence-electron chi connectivity index (χ0n) is 12.1. The number of nitrogens with zero attached hydrogens (tertiary/aromatic N) is 1. The van der Waals surface area contributed by atoms with Crippen molar-refractivity contribution in [3.05, 3.63) is 22.8 Å². The first-order valence-electron chi connectivity index (χ1n) is 6.41. The fraction of sp³-hybridized carbons (Fsp3) is 0.615. The molecule has 0 amide bonds. The Hall–Kier alpha value is -0.615. The fourth-order valence-corrected chi connectivity index (χ4v) is 2.11. The zero-order valence-corrected chi connectivity index (χ0v) is 12.8. The van der Waals surface area contributed by atoms with Gasteiger partial charge >= 0.3 is 7.12 Å². The Labute approximate surface area is 120 Å². The van der Waals surface area contributed by atoms with E-state index in [1.54, 1.807) is 6.20 Å². The number of aromatic nitrogens is 1. The summed E-state index contributed by atoms with van der Waals surface area (Å²) in [6.45, 7) is 8.76. The van der Waals surface area contributed by atoms with Crippen LogP contribution < -0.4 is 10.9 Å². The first kappa shape index (κ1) is 14.8. The molecule has 1 aromatic rings. The summed E-state index contributed by atoms with van der Waals surface area (Å²) in [5, 5.41) is 3.73. The van der Waals surface area contributed by atoms with E-state index in [9.17, 15) is 0 Å². The third-order valence-electron chi connectivity index (χ3n) is 3.81. The molecule has 4 nitrogen and oxygen atoms in total. The molecule has 1 saturated heterocycles. The van der Waals surface area contributed by atoms with Gasteiger partial charge in [-0.2, -0.15) is 0 Å². The molecule has 2 heterocycles. The Balaban J connectivity index is 2.23. The maximum Gasteiger partial charge on any atom is 0.514 e. The smallest absolute Gasteiger partial charge is 0.398 e. The van der Waals surface area contributed by atoms with Crippen molar-refractivity contribution in [2.75, 3.05) is 7.05 Å². The van der Waals surface area contributed by atoms with Gasteiger partial charge in [0, 0.05) is 23.3 Å². The van der Waals surface area contributed by atoms with Gasteiger partial charge in [0.25, 0.3) is 0 Å². The van der Waals surface area contributed by atoms with Crippen molar-refractivity contribution in [1.82, 2.24) is 10.3 Å². The van der Waals surface area contributed by atoms with E-state index < -0.39 is 7.12 Å². The minimum atomic E-state index is -0.467. The lowest BCUT2D eigenvalue weighted by molar-refractivity contribution is 0.00578. The second-order valence-corrected chi connectivity index (χ2v) is 6.23. The number of rotatable bonds is 3. The molecule has 1 aliphatic rings. The van der Waals surface area contributed by atoms with E-state index in [1.807, 2.05) is 40.8 Å². The quantitative estimate of drug-likeness (QED) is 0.858. The van der Waals surface area contributed by atoms with Crippen molar-refractivity contribution < 1.29 is 9.31 Å². The van der Waals surface area contributed by atoms with E-state index in [1.165, 1.54) is 0 Å². The third-order valence-corrected chi connectivity index (χ3v) is 4.16. The molecule has 0 aliphatic carbocycles. The molecule has 0 unspecified atom stereocenters. The summed E-state index contributed by atoms with van der Waals surface area (Å²) in [6, 6.07) is 1.82. The lowest BCUT2D eigenvalue weighted by Crippen LogP contribution is -2.41. The van der Waals surface area contributed by atoms with Crippen molar-refractivity contribution >= 4 is 24.3 Å². The molecular weight excluding hydrogens is 262 g/mol. The predicted octanol–water partition coefficient (Wildman–Crippen LogP) is 1.75. The largest absolute Gasteiger partial charge is 0.514 e. The monoisotopic (exact) mass is 282 g/mol. The molecule has 0 bridgehead atoms. The van der Waals surface area contributed by atoms with Crippen LogP contribution in [0, 0.1) is 0 Å².